The Morgan fingerprint density at radius 2 is 2.00 bits per heavy atom. The number of ether oxygens (including phenoxy) is 1. The standard InChI is InChI=1S/C18H26N4O2/c1-20(13-18(23)14-21-8-10-24-11-9-21)12-16-2-4-17(5-3-16)22-7-6-19-15-22/h2-7,15,18,23H,8-14H2,1H3. The highest BCUT2D eigenvalue weighted by molar-refractivity contribution is 5.34. The molecule has 1 aliphatic rings. The number of hydrogen-bond donors (Lipinski definition) is 1. The van der Waals surface area contributed by atoms with Crippen molar-refractivity contribution >= 4 is 0 Å². The van der Waals surface area contributed by atoms with Crippen LogP contribution in [-0.4, -0.2) is 77.0 Å². The third-order valence-corrected chi connectivity index (χ3v) is 4.29. The van der Waals surface area contributed by atoms with Crippen LogP contribution in [0.5, 0.6) is 0 Å². The van der Waals surface area contributed by atoms with E-state index in [9.17, 15) is 5.11 Å². The maximum Gasteiger partial charge on any atom is 0.0991 e. The Morgan fingerprint density at radius 3 is 2.67 bits per heavy atom. The van der Waals surface area contributed by atoms with E-state index in [4.69, 9.17) is 4.74 Å². The van der Waals surface area contributed by atoms with E-state index in [0.29, 0.717) is 13.1 Å². The van der Waals surface area contributed by atoms with Crippen molar-refractivity contribution in [3.05, 3.63) is 48.5 Å². The number of imidazole rings is 1. The van der Waals surface area contributed by atoms with Crippen molar-refractivity contribution in [3.63, 3.8) is 0 Å². The molecule has 1 aromatic heterocycles. The molecule has 1 aromatic carbocycles. The van der Waals surface area contributed by atoms with Crippen molar-refractivity contribution in [1.29, 1.82) is 0 Å². The lowest BCUT2D eigenvalue weighted by Crippen LogP contribution is -2.43. The Labute approximate surface area is 143 Å². The topological polar surface area (TPSA) is 53.8 Å². The normalized spacial score (nSPS) is 17.3. The summed E-state index contributed by atoms with van der Waals surface area (Å²) in [5.41, 5.74) is 2.34. The number of β-amino-alcohol motifs (C(OH)–C–C–N with tert-alkyl or cyclic N) is 1. The molecule has 0 radical (unpaired) electrons. The van der Waals surface area contributed by atoms with Crippen LogP contribution in [0, 0.1) is 0 Å². The molecular formula is C18H26N4O2. The molecule has 3 rings (SSSR count). The van der Waals surface area contributed by atoms with Crippen LogP contribution in [0.1, 0.15) is 5.56 Å². The molecule has 1 unspecified atom stereocenters. The first-order chi connectivity index (χ1) is 11.7. The lowest BCUT2D eigenvalue weighted by atomic mass is 10.2. The number of nitrogens with zero attached hydrogens (tertiary/aromatic N) is 4. The average Bonchev–Trinajstić information content (AvgIpc) is 3.10. The summed E-state index contributed by atoms with van der Waals surface area (Å²) >= 11 is 0. The molecule has 0 bridgehead atoms. The Bertz CT molecular complexity index is 594. The van der Waals surface area contributed by atoms with Crippen LogP contribution in [0.3, 0.4) is 0 Å². The van der Waals surface area contributed by atoms with Crippen molar-refractivity contribution < 1.29 is 9.84 Å². The summed E-state index contributed by atoms with van der Waals surface area (Å²) < 4.78 is 7.32. The number of benzene rings is 1. The lowest BCUT2D eigenvalue weighted by Gasteiger charge is -2.30. The zero-order valence-corrected chi connectivity index (χ0v) is 14.2. The van der Waals surface area contributed by atoms with Crippen LogP contribution in [-0.2, 0) is 11.3 Å². The molecule has 1 aliphatic heterocycles. The maximum absolute atomic E-state index is 10.3. The van der Waals surface area contributed by atoms with Crippen molar-refractivity contribution in [1.82, 2.24) is 19.4 Å². The SMILES string of the molecule is CN(Cc1ccc(-n2ccnc2)cc1)CC(O)CN1CCOCC1. The van der Waals surface area contributed by atoms with Gasteiger partial charge in [-0.25, -0.2) is 4.98 Å². The van der Waals surface area contributed by atoms with Gasteiger partial charge in [0.15, 0.2) is 0 Å². The summed E-state index contributed by atoms with van der Waals surface area (Å²) in [6.07, 6.45) is 5.17. The van der Waals surface area contributed by atoms with E-state index in [2.05, 4.69) is 39.0 Å². The van der Waals surface area contributed by atoms with Gasteiger partial charge >= 0.3 is 0 Å². The highest BCUT2D eigenvalue weighted by Crippen LogP contribution is 2.11. The summed E-state index contributed by atoms with van der Waals surface area (Å²) in [5.74, 6) is 0. The fraction of sp³-hybridized carbons (Fsp3) is 0.500. The second-order valence-corrected chi connectivity index (χ2v) is 6.40. The Hall–Kier alpha value is -1.73. The van der Waals surface area contributed by atoms with Gasteiger partial charge in [-0.1, -0.05) is 12.1 Å². The summed E-state index contributed by atoms with van der Waals surface area (Å²) in [5, 5.41) is 10.3. The van der Waals surface area contributed by atoms with E-state index >= 15 is 0 Å². The molecule has 24 heavy (non-hydrogen) atoms. The van der Waals surface area contributed by atoms with Gasteiger partial charge in [0.2, 0.25) is 0 Å². The first kappa shape index (κ1) is 17.1. The first-order valence-corrected chi connectivity index (χ1v) is 8.45. The van der Waals surface area contributed by atoms with Crippen molar-refractivity contribution in [2.75, 3.05) is 46.4 Å². The van der Waals surface area contributed by atoms with Gasteiger partial charge in [-0.05, 0) is 24.7 Å². The average molecular weight is 330 g/mol. The molecule has 2 heterocycles. The molecule has 6 nitrogen and oxygen atoms in total. The largest absolute Gasteiger partial charge is 0.390 e. The number of aromatic nitrogens is 2. The lowest BCUT2D eigenvalue weighted by molar-refractivity contribution is 0.00825. The van der Waals surface area contributed by atoms with E-state index < -0.39 is 0 Å². The van der Waals surface area contributed by atoms with E-state index in [0.717, 1.165) is 38.5 Å². The van der Waals surface area contributed by atoms with Crippen molar-refractivity contribution in [3.8, 4) is 5.69 Å². The molecular weight excluding hydrogens is 304 g/mol. The fourth-order valence-corrected chi connectivity index (χ4v) is 3.06. The van der Waals surface area contributed by atoms with Crippen LogP contribution in [0.15, 0.2) is 43.0 Å². The van der Waals surface area contributed by atoms with Gasteiger partial charge in [-0.2, -0.15) is 0 Å². The van der Waals surface area contributed by atoms with E-state index in [1.54, 1.807) is 12.5 Å². The first-order valence-electron chi connectivity index (χ1n) is 8.45. The second kappa shape index (κ2) is 8.39. The molecule has 0 saturated carbocycles. The molecule has 2 aromatic rings. The number of morpholine rings is 1. The minimum Gasteiger partial charge on any atom is -0.390 e. The van der Waals surface area contributed by atoms with E-state index in [1.807, 2.05) is 17.8 Å². The van der Waals surface area contributed by atoms with Crippen LogP contribution in [0.2, 0.25) is 0 Å². The maximum atomic E-state index is 10.3. The number of likely N-dealkylation sites (N-methyl/N-ethyl adjacent to an activating group) is 1. The van der Waals surface area contributed by atoms with Gasteiger partial charge in [0.1, 0.15) is 0 Å². The zero-order chi connectivity index (χ0) is 16.8. The van der Waals surface area contributed by atoms with Gasteiger partial charge in [0.05, 0.1) is 25.6 Å². The quantitative estimate of drug-likeness (QED) is 0.821. The van der Waals surface area contributed by atoms with Crippen molar-refractivity contribution in [2.45, 2.75) is 12.6 Å². The molecule has 0 aliphatic carbocycles. The Morgan fingerprint density at radius 1 is 1.25 bits per heavy atom. The molecule has 6 heteroatoms. The highest BCUT2D eigenvalue weighted by Gasteiger charge is 2.16. The minimum atomic E-state index is -0.335. The molecule has 0 amide bonds. The van der Waals surface area contributed by atoms with Gasteiger partial charge in [0.25, 0.3) is 0 Å². The highest BCUT2D eigenvalue weighted by atomic mass is 16.5. The van der Waals surface area contributed by atoms with E-state index in [-0.39, 0.29) is 6.10 Å². The molecule has 1 N–H and O–H groups in total. The monoisotopic (exact) mass is 330 g/mol. The molecule has 130 valence electrons. The van der Waals surface area contributed by atoms with Crippen LogP contribution in [0.25, 0.3) is 5.69 Å². The predicted octanol–water partition coefficient (Wildman–Crippen LogP) is 0.997. The van der Waals surface area contributed by atoms with Gasteiger partial charge < -0.3 is 14.4 Å². The number of aliphatic hydroxyl groups is 1. The van der Waals surface area contributed by atoms with Crippen LogP contribution in [0.4, 0.5) is 0 Å². The van der Waals surface area contributed by atoms with Crippen LogP contribution < -0.4 is 0 Å². The number of hydrogen-bond acceptors (Lipinski definition) is 5. The summed E-state index contributed by atoms with van der Waals surface area (Å²) in [6, 6.07) is 8.43. The Kier molecular flexibility index (Phi) is 5.98. The third kappa shape index (κ3) is 4.88. The minimum absolute atomic E-state index is 0.335. The molecule has 1 fully saturated rings. The number of aliphatic hydroxyl groups excluding tert-OH is 1. The third-order valence-electron chi connectivity index (χ3n) is 4.29. The van der Waals surface area contributed by atoms with Crippen LogP contribution >= 0.6 is 0 Å². The molecule has 0 spiro atoms. The van der Waals surface area contributed by atoms with Gasteiger partial charge in [-0.15, -0.1) is 0 Å². The summed E-state index contributed by atoms with van der Waals surface area (Å²) in [6.45, 7) is 5.57. The van der Waals surface area contributed by atoms with Gasteiger partial charge in [-0.3, -0.25) is 9.80 Å². The Balaban J connectivity index is 1.46. The van der Waals surface area contributed by atoms with Crippen molar-refractivity contribution in [2.24, 2.45) is 0 Å². The second-order valence-electron chi connectivity index (χ2n) is 6.40. The number of rotatable bonds is 7. The summed E-state index contributed by atoms with van der Waals surface area (Å²) in [7, 11) is 2.05. The molecule has 1 saturated heterocycles. The van der Waals surface area contributed by atoms with E-state index in [1.165, 1.54) is 5.56 Å². The van der Waals surface area contributed by atoms with Gasteiger partial charge in [0, 0.05) is 50.8 Å². The smallest absolute Gasteiger partial charge is 0.0991 e. The molecule has 1 atom stereocenters. The summed E-state index contributed by atoms with van der Waals surface area (Å²) in [4.78, 5) is 8.49. The fourth-order valence-electron chi connectivity index (χ4n) is 3.06. The zero-order valence-electron chi connectivity index (χ0n) is 14.2. The predicted molar refractivity (Wildman–Crippen MR) is 93.2 cm³/mol.